The molecule has 0 aliphatic rings. The zero-order chi connectivity index (χ0) is 16.1. The largest absolute Gasteiger partial charge is 0.507 e. The van der Waals surface area contributed by atoms with Gasteiger partial charge in [-0.15, -0.1) is 12.4 Å². The van der Waals surface area contributed by atoms with Gasteiger partial charge in [-0.05, 0) is 35.4 Å². The summed E-state index contributed by atoms with van der Waals surface area (Å²) in [6.45, 7) is 0. The van der Waals surface area contributed by atoms with E-state index in [4.69, 9.17) is 10.8 Å². The quantitative estimate of drug-likeness (QED) is 0.504. The van der Waals surface area contributed by atoms with Gasteiger partial charge in [-0.3, -0.25) is 0 Å². The molecule has 0 saturated carbocycles. The Morgan fingerprint density at radius 2 is 1.83 bits per heavy atom. The van der Waals surface area contributed by atoms with E-state index in [1.165, 1.54) is 24.4 Å². The fourth-order valence-corrected chi connectivity index (χ4v) is 1.83. The monoisotopic (exact) mass is 335 g/mol. The zero-order valence-electron chi connectivity index (χ0n) is 11.8. The number of phenols is 1. The second kappa shape index (κ2) is 7.81. The van der Waals surface area contributed by atoms with Gasteiger partial charge in [0.1, 0.15) is 5.75 Å². The van der Waals surface area contributed by atoms with Gasteiger partial charge >= 0.3 is 12.0 Å². The van der Waals surface area contributed by atoms with E-state index in [2.05, 4.69) is 5.10 Å². The molecule has 0 spiro atoms. The third-order valence-electron chi connectivity index (χ3n) is 2.85. The van der Waals surface area contributed by atoms with Gasteiger partial charge in [0.05, 0.1) is 11.8 Å². The number of aromatic hydroxyl groups is 1. The number of benzene rings is 2. The molecule has 0 radical (unpaired) electrons. The Morgan fingerprint density at radius 1 is 1.13 bits per heavy atom. The van der Waals surface area contributed by atoms with Crippen molar-refractivity contribution in [3.05, 3.63) is 53.6 Å². The highest BCUT2D eigenvalue weighted by molar-refractivity contribution is 5.90. The Morgan fingerprint density at radius 3 is 2.48 bits per heavy atom. The van der Waals surface area contributed by atoms with E-state index in [0.29, 0.717) is 16.7 Å². The number of amides is 2. The van der Waals surface area contributed by atoms with Crippen molar-refractivity contribution in [1.82, 2.24) is 5.43 Å². The van der Waals surface area contributed by atoms with Crippen LogP contribution >= 0.6 is 12.4 Å². The van der Waals surface area contributed by atoms with E-state index in [1.807, 2.05) is 5.43 Å². The molecule has 8 heteroatoms. The second-order valence-corrected chi connectivity index (χ2v) is 4.39. The number of urea groups is 1. The van der Waals surface area contributed by atoms with E-state index in [0.717, 1.165) is 0 Å². The van der Waals surface area contributed by atoms with E-state index in [9.17, 15) is 14.7 Å². The van der Waals surface area contributed by atoms with Gasteiger partial charge in [0.15, 0.2) is 0 Å². The molecular formula is C15H14ClN3O4. The van der Waals surface area contributed by atoms with Gasteiger partial charge in [0, 0.05) is 5.56 Å². The van der Waals surface area contributed by atoms with Crippen molar-refractivity contribution in [2.45, 2.75) is 0 Å². The predicted molar refractivity (Wildman–Crippen MR) is 88.1 cm³/mol. The zero-order valence-corrected chi connectivity index (χ0v) is 12.6. The molecule has 120 valence electrons. The first-order chi connectivity index (χ1) is 10.5. The topological polar surface area (TPSA) is 125 Å². The van der Waals surface area contributed by atoms with Crippen LogP contribution in [0.1, 0.15) is 15.9 Å². The number of carbonyl (C=O) groups is 2. The number of carboxylic acids is 1. The van der Waals surface area contributed by atoms with Crippen molar-refractivity contribution in [2.75, 3.05) is 0 Å². The molecule has 2 aromatic carbocycles. The number of phenolic OH excluding ortho intramolecular Hbond substituents is 1. The van der Waals surface area contributed by atoms with Crippen LogP contribution in [0, 0.1) is 0 Å². The Balaban J connectivity index is 0.00000264. The molecule has 0 unspecified atom stereocenters. The van der Waals surface area contributed by atoms with Crippen LogP contribution in [0.15, 0.2) is 47.6 Å². The van der Waals surface area contributed by atoms with Crippen molar-refractivity contribution in [3.8, 4) is 16.9 Å². The summed E-state index contributed by atoms with van der Waals surface area (Å²) in [5, 5.41) is 22.3. The van der Waals surface area contributed by atoms with E-state index in [1.54, 1.807) is 24.3 Å². The molecule has 2 aromatic rings. The van der Waals surface area contributed by atoms with Gasteiger partial charge in [0.2, 0.25) is 0 Å². The first kappa shape index (κ1) is 18.0. The summed E-state index contributed by atoms with van der Waals surface area (Å²) in [5.41, 5.74) is 8.79. The minimum absolute atomic E-state index is 0. The Labute approximate surface area is 137 Å². The first-order valence-corrected chi connectivity index (χ1v) is 6.22. The highest BCUT2D eigenvalue weighted by Gasteiger charge is 2.07. The lowest BCUT2D eigenvalue weighted by atomic mass is 10.0. The standard InChI is InChI=1S/C15H13N3O4.ClH/c16-15(22)18-17-8-12-7-10(4-5-13(12)19)9-2-1-3-11(6-9)14(20)21;/h1-8,19H,(H,20,21)(H3,16,18,22);1H/b17-8+;. The van der Waals surface area contributed by atoms with Crippen LogP contribution in [0.2, 0.25) is 0 Å². The average Bonchev–Trinajstić information content (AvgIpc) is 2.49. The maximum atomic E-state index is 11.0. The number of rotatable bonds is 4. The first-order valence-electron chi connectivity index (χ1n) is 6.22. The summed E-state index contributed by atoms with van der Waals surface area (Å²) in [6.07, 6.45) is 1.24. The lowest BCUT2D eigenvalue weighted by molar-refractivity contribution is 0.0697. The number of carboxylic acid groups (broad SMARTS) is 1. The predicted octanol–water partition coefficient (Wildman–Crippen LogP) is 2.18. The van der Waals surface area contributed by atoms with Crippen molar-refractivity contribution in [1.29, 1.82) is 0 Å². The van der Waals surface area contributed by atoms with Crippen LogP contribution in [0.25, 0.3) is 11.1 Å². The fourth-order valence-electron chi connectivity index (χ4n) is 1.83. The molecule has 0 heterocycles. The lowest BCUT2D eigenvalue weighted by Crippen LogP contribution is -2.24. The van der Waals surface area contributed by atoms with Crippen LogP contribution < -0.4 is 11.2 Å². The third kappa shape index (κ3) is 4.72. The van der Waals surface area contributed by atoms with Gasteiger partial charge in [-0.1, -0.05) is 18.2 Å². The summed E-state index contributed by atoms with van der Waals surface area (Å²) in [6, 6.07) is 10.3. The molecule has 0 atom stereocenters. The Kier molecular flexibility index (Phi) is 6.11. The normalized spacial score (nSPS) is 10.1. The SMILES string of the molecule is Cl.NC(=O)N/N=C/c1cc(-c2cccc(C(=O)O)c2)ccc1O. The van der Waals surface area contributed by atoms with Gasteiger partial charge < -0.3 is 15.9 Å². The van der Waals surface area contributed by atoms with E-state index < -0.39 is 12.0 Å². The van der Waals surface area contributed by atoms with Crippen molar-refractivity contribution in [3.63, 3.8) is 0 Å². The molecule has 0 saturated heterocycles. The minimum Gasteiger partial charge on any atom is -0.507 e. The summed E-state index contributed by atoms with van der Waals surface area (Å²) in [4.78, 5) is 21.5. The second-order valence-electron chi connectivity index (χ2n) is 4.39. The highest BCUT2D eigenvalue weighted by atomic mass is 35.5. The molecule has 23 heavy (non-hydrogen) atoms. The van der Waals surface area contributed by atoms with Crippen molar-refractivity contribution < 1.29 is 19.8 Å². The molecule has 0 aliphatic heterocycles. The number of halogens is 1. The third-order valence-corrected chi connectivity index (χ3v) is 2.85. The van der Waals surface area contributed by atoms with Crippen LogP contribution in [0.3, 0.4) is 0 Å². The summed E-state index contributed by atoms with van der Waals surface area (Å²) >= 11 is 0. The fraction of sp³-hybridized carbons (Fsp3) is 0. The number of hydrazone groups is 1. The molecule has 2 amide bonds. The van der Waals surface area contributed by atoms with Crippen molar-refractivity contribution >= 4 is 30.6 Å². The molecule has 0 aliphatic carbocycles. The number of nitrogens with zero attached hydrogens (tertiary/aromatic N) is 1. The van der Waals surface area contributed by atoms with E-state index >= 15 is 0 Å². The number of hydrogen-bond donors (Lipinski definition) is 4. The molecule has 0 bridgehead atoms. The summed E-state index contributed by atoms with van der Waals surface area (Å²) in [5.74, 6) is -1.05. The lowest BCUT2D eigenvalue weighted by Gasteiger charge is -2.06. The number of carbonyl (C=O) groups excluding carboxylic acids is 1. The van der Waals surface area contributed by atoms with Crippen LogP contribution in [-0.2, 0) is 0 Å². The molecule has 2 rings (SSSR count). The molecule has 0 aromatic heterocycles. The molecule has 0 fully saturated rings. The average molecular weight is 336 g/mol. The Bertz CT molecular complexity index is 762. The van der Waals surface area contributed by atoms with E-state index in [-0.39, 0.29) is 23.7 Å². The van der Waals surface area contributed by atoms with Gasteiger partial charge in [0.25, 0.3) is 0 Å². The number of aromatic carboxylic acids is 1. The van der Waals surface area contributed by atoms with Gasteiger partial charge in [-0.25, -0.2) is 15.0 Å². The van der Waals surface area contributed by atoms with Crippen molar-refractivity contribution in [2.24, 2.45) is 10.8 Å². The molecule has 5 N–H and O–H groups in total. The number of hydrogen-bond acceptors (Lipinski definition) is 4. The number of nitrogens with two attached hydrogens (primary N) is 1. The van der Waals surface area contributed by atoms with Crippen LogP contribution in [0.5, 0.6) is 5.75 Å². The summed E-state index contributed by atoms with van der Waals surface area (Å²) < 4.78 is 0. The summed E-state index contributed by atoms with van der Waals surface area (Å²) in [7, 11) is 0. The maximum Gasteiger partial charge on any atom is 0.335 e. The molecule has 7 nitrogen and oxygen atoms in total. The maximum absolute atomic E-state index is 11.0. The molecular weight excluding hydrogens is 322 g/mol. The van der Waals surface area contributed by atoms with Crippen LogP contribution in [0.4, 0.5) is 4.79 Å². The highest BCUT2D eigenvalue weighted by Crippen LogP contribution is 2.25. The Hall–Kier alpha value is -3.06. The minimum atomic E-state index is -1.02. The van der Waals surface area contributed by atoms with Crippen LogP contribution in [-0.4, -0.2) is 28.4 Å². The number of primary amides is 1. The number of nitrogens with one attached hydrogen (secondary N) is 1. The van der Waals surface area contributed by atoms with Gasteiger partial charge in [-0.2, -0.15) is 5.10 Å². The smallest absolute Gasteiger partial charge is 0.335 e.